The smallest absolute Gasteiger partial charge is 0.111 e. The van der Waals surface area contributed by atoms with Crippen LogP contribution in [0.2, 0.25) is 0 Å². The summed E-state index contributed by atoms with van der Waals surface area (Å²) in [5.41, 5.74) is 7.20. The Kier molecular flexibility index (Phi) is 4.42. The molecule has 2 aromatic heterocycles. The molecule has 0 bridgehead atoms. The third-order valence-corrected chi connectivity index (χ3v) is 4.90. The Morgan fingerprint density at radius 1 is 1.50 bits per heavy atom. The first-order valence-corrected chi connectivity index (χ1v) is 7.26. The molecule has 0 radical (unpaired) electrons. The topological polar surface area (TPSA) is 56.7 Å². The van der Waals surface area contributed by atoms with Crippen LogP contribution in [0.25, 0.3) is 0 Å². The zero-order valence-electron chi connectivity index (χ0n) is 10.2. The molecular formula is C12H15BrN4S. The highest BCUT2D eigenvalue weighted by Gasteiger charge is 2.20. The minimum Gasteiger partial charge on any atom is -0.327 e. The lowest BCUT2D eigenvalue weighted by atomic mass is 10.1. The van der Waals surface area contributed by atoms with Crippen LogP contribution in [-0.4, -0.2) is 20.8 Å². The van der Waals surface area contributed by atoms with E-state index in [9.17, 15) is 0 Å². The Morgan fingerprint density at radius 2 is 2.28 bits per heavy atom. The molecule has 2 unspecified atom stereocenters. The molecule has 96 valence electrons. The first-order valence-electron chi connectivity index (χ1n) is 5.59. The minimum atomic E-state index is 0.0214. The molecule has 0 fully saturated rings. The van der Waals surface area contributed by atoms with Crippen molar-refractivity contribution in [3.8, 4) is 0 Å². The van der Waals surface area contributed by atoms with E-state index in [0.29, 0.717) is 0 Å². The van der Waals surface area contributed by atoms with Crippen molar-refractivity contribution in [3.63, 3.8) is 0 Å². The van der Waals surface area contributed by atoms with Crippen LogP contribution in [0, 0.1) is 0 Å². The zero-order valence-corrected chi connectivity index (χ0v) is 12.6. The van der Waals surface area contributed by atoms with Gasteiger partial charge in [0.2, 0.25) is 0 Å². The molecule has 2 heterocycles. The summed E-state index contributed by atoms with van der Waals surface area (Å²) in [4.78, 5) is 4.37. The van der Waals surface area contributed by atoms with E-state index in [2.05, 4.69) is 26.0 Å². The Labute approximate surface area is 119 Å². The SMILES string of the molecule is CC(N)C(Sc1ncccc1Br)c1cnn(C)c1. The highest BCUT2D eigenvalue weighted by atomic mass is 79.9. The molecule has 0 aliphatic heterocycles. The van der Waals surface area contributed by atoms with Gasteiger partial charge in [-0.05, 0) is 35.0 Å². The summed E-state index contributed by atoms with van der Waals surface area (Å²) in [5.74, 6) is 0. The maximum Gasteiger partial charge on any atom is 0.111 e. The second-order valence-electron chi connectivity index (χ2n) is 4.14. The van der Waals surface area contributed by atoms with Crippen LogP contribution in [-0.2, 0) is 7.05 Å². The summed E-state index contributed by atoms with van der Waals surface area (Å²) in [7, 11) is 1.91. The lowest BCUT2D eigenvalue weighted by Gasteiger charge is -2.18. The maximum absolute atomic E-state index is 6.07. The quantitative estimate of drug-likeness (QED) is 0.878. The molecule has 0 aromatic carbocycles. The summed E-state index contributed by atoms with van der Waals surface area (Å²) in [6.45, 7) is 2.00. The molecule has 0 saturated heterocycles. The fourth-order valence-corrected chi connectivity index (χ4v) is 3.19. The van der Waals surface area contributed by atoms with E-state index in [1.165, 1.54) is 0 Å². The minimum absolute atomic E-state index is 0.0214. The average Bonchev–Trinajstić information content (AvgIpc) is 2.74. The number of nitrogens with zero attached hydrogens (tertiary/aromatic N) is 3. The van der Waals surface area contributed by atoms with Gasteiger partial charge in [-0.1, -0.05) is 11.8 Å². The molecule has 2 aromatic rings. The first kappa shape index (κ1) is 13.6. The fraction of sp³-hybridized carbons (Fsp3) is 0.333. The van der Waals surface area contributed by atoms with Gasteiger partial charge in [0.1, 0.15) is 5.03 Å². The van der Waals surface area contributed by atoms with Gasteiger partial charge in [-0.15, -0.1) is 0 Å². The number of hydrogen-bond donors (Lipinski definition) is 1. The van der Waals surface area contributed by atoms with Crippen molar-refractivity contribution in [1.29, 1.82) is 0 Å². The highest BCUT2D eigenvalue weighted by molar-refractivity contribution is 9.10. The number of pyridine rings is 1. The summed E-state index contributed by atoms with van der Waals surface area (Å²) < 4.78 is 2.78. The number of rotatable bonds is 4. The summed E-state index contributed by atoms with van der Waals surface area (Å²) >= 11 is 5.16. The molecule has 0 aliphatic rings. The van der Waals surface area contributed by atoms with Crippen molar-refractivity contribution in [2.24, 2.45) is 12.8 Å². The molecule has 4 nitrogen and oxygen atoms in total. The van der Waals surface area contributed by atoms with Crippen LogP contribution < -0.4 is 5.73 Å². The van der Waals surface area contributed by atoms with Crippen LogP contribution in [0.1, 0.15) is 17.7 Å². The van der Waals surface area contributed by atoms with Gasteiger partial charge in [0, 0.05) is 35.5 Å². The van der Waals surface area contributed by atoms with Gasteiger partial charge in [0.25, 0.3) is 0 Å². The normalized spacial score (nSPS) is 14.4. The Hall–Kier alpha value is -0.850. The predicted octanol–water partition coefficient (Wildman–Crippen LogP) is 2.76. The molecule has 18 heavy (non-hydrogen) atoms. The van der Waals surface area contributed by atoms with Crippen molar-refractivity contribution in [1.82, 2.24) is 14.8 Å². The van der Waals surface area contributed by atoms with Crippen LogP contribution >= 0.6 is 27.7 Å². The Morgan fingerprint density at radius 3 is 2.83 bits per heavy atom. The number of aromatic nitrogens is 3. The molecule has 2 N–H and O–H groups in total. The number of nitrogens with two attached hydrogens (primary N) is 1. The fourth-order valence-electron chi connectivity index (χ4n) is 1.64. The summed E-state index contributed by atoms with van der Waals surface area (Å²) in [6.07, 6.45) is 5.64. The van der Waals surface area contributed by atoms with E-state index >= 15 is 0 Å². The standard InChI is InChI=1S/C12H15BrN4S/c1-8(14)11(9-6-16-17(2)7-9)18-12-10(13)4-3-5-15-12/h3-8,11H,14H2,1-2H3. The van der Waals surface area contributed by atoms with Crippen LogP contribution in [0.4, 0.5) is 0 Å². The summed E-state index contributed by atoms with van der Waals surface area (Å²) in [5, 5.41) is 5.29. The van der Waals surface area contributed by atoms with Gasteiger partial charge >= 0.3 is 0 Å². The van der Waals surface area contributed by atoms with E-state index in [0.717, 1.165) is 15.1 Å². The second kappa shape index (κ2) is 5.86. The molecule has 2 atom stereocenters. The van der Waals surface area contributed by atoms with E-state index in [4.69, 9.17) is 5.73 Å². The van der Waals surface area contributed by atoms with Crippen molar-refractivity contribution in [2.75, 3.05) is 0 Å². The molecule has 0 spiro atoms. The zero-order chi connectivity index (χ0) is 13.1. The van der Waals surface area contributed by atoms with Crippen LogP contribution in [0.15, 0.2) is 40.2 Å². The van der Waals surface area contributed by atoms with Crippen molar-refractivity contribution < 1.29 is 0 Å². The Balaban J connectivity index is 2.25. The number of hydrogen-bond acceptors (Lipinski definition) is 4. The van der Waals surface area contributed by atoms with Gasteiger partial charge in [-0.3, -0.25) is 4.68 Å². The molecule has 0 saturated carbocycles. The summed E-state index contributed by atoms with van der Waals surface area (Å²) in [6, 6.07) is 3.91. The van der Waals surface area contributed by atoms with Gasteiger partial charge in [0.15, 0.2) is 0 Å². The third kappa shape index (κ3) is 3.13. The van der Waals surface area contributed by atoms with E-state index in [1.807, 2.05) is 38.5 Å². The molecule has 6 heteroatoms. The second-order valence-corrected chi connectivity index (χ2v) is 6.12. The largest absolute Gasteiger partial charge is 0.327 e. The highest BCUT2D eigenvalue weighted by Crippen LogP contribution is 2.38. The molecule has 2 rings (SSSR count). The monoisotopic (exact) mass is 326 g/mol. The van der Waals surface area contributed by atoms with E-state index < -0.39 is 0 Å². The number of halogens is 1. The van der Waals surface area contributed by atoms with Crippen molar-refractivity contribution in [2.45, 2.75) is 23.2 Å². The Bertz CT molecular complexity index is 526. The lowest BCUT2D eigenvalue weighted by molar-refractivity contribution is 0.717. The van der Waals surface area contributed by atoms with E-state index in [1.54, 1.807) is 22.6 Å². The van der Waals surface area contributed by atoms with Crippen LogP contribution in [0.3, 0.4) is 0 Å². The van der Waals surface area contributed by atoms with Gasteiger partial charge < -0.3 is 5.73 Å². The lowest BCUT2D eigenvalue weighted by Crippen LogP contribution is -2.22. The van der Waals surface area contributed by atoms with Crippen molar-refractivity contribution in [3.05, 3.63) is 40.8 Å². The van der Waals surface area contributed by atoms with Gasteiger partial charge in [0.05, 0.1) is 11.4 Å². The average molecular weight is 327 g/mol. The predicted molar refractivity (Wildman–Crippen MR) is 77.4 cm³/mol. The van der Waals surface area contributed by atoms with E-state index in [-0.39, 0.29) is 11.3 Å². The number of aryl methyl sites for hydroxylation is 1. The van der Waals surface area contributed by atoms with Gasteiger partial charge in [-0.25, -0.2) is 4.98 Å². The maximum atomic E-state index is 6.07. The van der Waals surface area contributed by atoms with Crippen molar-refractivity contribution >= 4 is 27.7 Å². The molecule has 0 aliphatic carbocycles. The van der Waals surface area contributed by atoms with Crippen LogP contribution in [0.5, 0.6) is 0 Å². The number of thioether (sulfide) groups is 1. The molecule has 0 amide bonds. The third-order valence-electron chi connectivity index (χ3n) is 2.49. The first-order chi connectivity index (χ1) is 8.58. The molecular weight excluding hydrogens is 312 g/mol. The van der Waals surface area contributed by atoms with Gasteiger partial charge in [-0.2, -0.15) is 5.10 Å².